The van der Waals surface area contributed by atoms with E-state index >= 15 is 0 Å². The standard InChI is InChI=1S/C9H7Cl2NO2/c10-6-4-8(12)7(11)3-5(6)1-2-9(13)14/h1-4H,12H2,(H,13,14). The second-order valence-corrected chi connectivity index (χ2v) is 3.38. The first-order chi connectivity index (χ1) is 6.50. The summed E-state index contributed by atoms with van der Waals surface area (Å²) in [7, 11) is 0. The molecule has 3 nitrogen and oxygen atoms in total. The summed E-state index contributed by atoms with van der Waals surface area (Å²) in [5.41, 5.74) is 6.38. The highest BCUT2D eigenvalue weighted by Gasteiger charge is 2.02. The van der Waals surface area contributed by atoms with Crippen molar-refractivity contribution in [3.63, 3.8) is 0 Å². The first-order valence-corrected chi connectivity index (χ1v) is 4.42. The highest BCUT2D eigenvalue weighted by molar-refractivity contribution is 6.36. The lowest BCUT2D eigenvalue weighted by Gasteiger charge is -2.02. The van der Waals surface area contributed by atoms with E-state index < -0.39 is 5.97 Å². The molecule has 0 radical (unpaired) electrons. The van der Waals surface area contributed by atoms with Crippen molar-refractivity contribution in [3.05, 3.63) is 33.8 Å². The highest BCUT2D eigenvalue weighted by atomic mass is 35.5. The predicted octanol–water partition coefficient (Wildman–Crippen LogP) is 2.67. The lowest BCUT2D eigenvalue weighted by Crippen LogP contribution is -1.89. The van der Waals surface area contributed by atoms with Crippen molar-refractivity contribution in [2.45, 2.75) is 0 Å². The highest BCUT2D eigenvalue weighted by Crippen LogP contribution is 2.27. The van der Waals surface area contributed by atoms with E-state index in [1.807, 2.05) is 0 Å². The molecule has 14 heavy (non-hydrogen) atoms. The molecule has 1 aromatic rings. The Morgan fingerprint density at radius 2 is 2.00 bits per heavy atom. The van der Waals surface area contributed by atoms with E-state index in [0.717, 1.165) is 6.08 Å². The fraction of sp³-hybridized carbons (Fsp3) is 0. The van der Waals surface area contributed by atoms with Crippen LogP contribution in [0.5, 0.6) is 0 Å². The molecule has 1 rings (SSSR count). The molecule has 0 aromatic heterocycles. The number of hydrogen-bond donors (Lipinski definition) is 2. The van der Waals surface area contributed by atoms with Crippen molar-refractivity contribution in [1.29, 1.82) is 0 Å². The summed E-state index contributed by atoms with van der Waals surface area (Å²) in [5.74, 6) is -1.05. The lowest BCUT2D eigenvalue weighted by molar-refractivity contribution is -0.131. The zero-order chi connectivity index (χ0) is 10.7. The third-order valence-electron chi connectivity index (χ3n) is 1.52. The number of aliphatic carboxylic acids is 1. The first-order valence-electron chi connectivity index (χ1n) is 3.66. The van der Waals surface area contributed by atoms with E-state index in [4.69, 9.17) is 34.0 Å². The van der Waals surface area contributed by atoms with Crippen LogP contribution in [-0.4, -0.2) is 11.1 Å². The second kappa shape index (κ2) is 4.35. The molecule has 0 fully saturated rings. The van der Waals surface area contributed by atoms with Gasteiger partial charge in [-0.3, -0.25) is 0 Å². The largest absolute Gasteiger partial charge is 0.478 e. The number of halogens is 2. The van der Waals surface area contributed by atoms with Gasteiger partial charge in [0.1, 0.15) is 0 Å². The Labute approximate surface area is 90.7 Å². The summed E-state index contributed by atoms with van der Waals surface area (Å²) >= 11 is 11.5. The van der Waals surface area contributed by atoms with Crippen LogP contribution in [0.25, 0.3) is 6.08 Å². The molecule has 1 aromatic carbocycles. The Morgan fingerprint density at radius 1 is 1.36 bits per heavy atom. The van der Waals surface area contributed by atoms with Crippen LogP contribution >= 0.6 is 23.2 Å². The molecule has 0 heterocycles. The molecule has 0 aliphatic rings. The molecule has 0 bridgehead atoms. The van der Waals surface area contributed by atoms with Crippen LogP contribution in [0.3, 0.4) is 0 Å². The second-order valence-electron chi connectivity index (χ2n) is 2.57. The fourth-order valence-corrected chi connectivity index (χ4v) is 1.27. The SMILES string of the molecule is Nc1cc(Cl)c(C=CC(=O)O)cc1Cl. The number of carboxylic acids is 1. The Balaban J connectivity index is 3.10. The van der Waals surface area contributed by atoms with Crippen molar-refractivity contribution < 1.29 is 9.90 Å². The Kier molecular flexibility index (Phi) is 3.38. The van der Waals surface area contributed by atoms with E-state index in [2.05, 4.69) is 0 Å². The molecule has 0 aliphatic heterocycles. The number of rotatable bonds is 2. The normalized spacial score (nSPS) is 10.7. The third-order valence-corrected chi connectivity index (χ3v) is 2.18. The van der Waals surface area contributed by atoms with Crippen LogP contribution in [0.2, 0.25) is 10.0 Å². The topological polar surface area (TPSA) is 63.3 Å². The van der Waals surface area contributed by atoms with Gasteiger partial charge in [-0.05, 0) is 23.8 Å². The number of carbonyl (C=O) groups is 1. The lowest BCUT2D eigenvalue weighted by atomic mass is 10.2. The van der Waals surface area contributed by atoms with Gasteiger partial charge >= 0.3 is 5.97 Å². The molecule has 5 heteroatoms. The van der Waals surface area contributed by atoms with Gasteiger partial charge in [0.2, 0.25) is 0 Å². The maximum atomic E-state index is 10.2. The van der Waals surface area contributed by atoms with Crippen LogP contribution < -0.4 is 5.73 Å². The molecule has 0 atom stereocenters. The summed E-state index contributed by atoms with van der Waals surface area (Å²) in [6, 6.07) is 2.99. The van der Waals surface area contributed by atoms with Crippen molar-refractivity contribution in [3.8, 4) is 0 Å². The van der Waals surface area contributed by atoms with Gasteiger partial charge in [0.25, 0.3) is 0 Å². The van der Waals surface area contributed by atoms with E-state index in [9.17, 15) is 4.79 Å². The van der Waals surface area contributed by atoms with Gasteiger partial charge in [-0.1, -0.05) is 23.2 Å². The van der Waals surface area contributed by atoms with E-state index in [1.165, 1.54) is 18.2 Å². The minimum atomic E-state index is -1.05. The number of anilines is 1. The average molecular weight is 232 g/mol. The van der Waals surface area contributed by atoms with Crippen molar-refractivity contribution in [2.75, 3.05) is 5.73 Å². The molecule has 0 spiro atoms. The van der Waals surface area contributed by atoms with Gasteiger partial charge < -0.3 is 10.8 Å². The number of hydrogen-bond acceptors (Lipinski definition) is 2. The summed E-state index contributed by atoms with van der Waals surface area (Å²) in [6.45, 7) is 0. The third kappa shape index (κ3) is 2.65. The smallest absolute Gasteiger partial charge is 0.328 e. The predicted molar refractivity (Wildman–Crippen MR) is 57.5 cm³/mol. The zero-order valence-corrected chi connectivity index (χ0v) is 8.51. The van der Waals surface area contributed by atoms with Crippen molar-refractivity contribution >= 4 is 40.9 Å². The van der Waals surface area contributed by atoms with Crippen LogP contribution in [0, 0.1) is 0 Å². The van der Waals surface area contributed by atoms with E-state index in [1.54, 1.807) is 0 Å². The van der Waals surface area contributed by atoms with Gasteiger partial charge in [-0.15, -0.1) is 0 Å². The van der Waals surface area contributed by atoms with Gasteiger partial charge in [0.15, 0.2) is 0 Å². The monoisotopic (exact) mass is 231 g/mol. The van der Waals surface area contributed by atoms with Crippen LogP contribution in [0.1, 0.15) is 5.56 Å². The van der Waals surface area contributed by atoms with E-state index in [-0.39, 0.29) is 0 Å². The van der Waals surface area contributed by atoms with E-state index in [0.29, 0.717) is 21.3 Å². The molecule has 0 saturated carbocycles. The number of nitrogens with two attached hydrogens (primary N) is 1. The van der Waals surface area contributed by atoms with Gasteiger partial charge in [0, 0.05) is 11.1 Å². The summed E-state index contributed by atoms with van der Waals surface area (Å²) < 4.78 is 0. The summed E-state index contributed by atoms with van der Waals surface area (Å²) in [6.07, 6.45) is 2.34. The molecular formula is C9H7Cl2NO2. The minimum absolute atomic E-state index is 0.347. The molecule has 3 N–H and O–H groups in total. The molecule has 0 saturated heterocycles. The first kappa shape index (κ1) is 10.9. The Morgan fingerprint density at radius 3 is 2.57 bits per heavy atom. The minimum Gasteiger partial charge on any atom is -0.478 e. The molecule has 0 amide bonds. The van der Waals surface area contributed by atoms with Gasteiger partial charge in [0.05, 0.1) is 10.7 Å². The summed E-state index contributed by atoms with van der Waals surface area (Å²) in [5, 5.41) is 9.11. The zero-order valence-electron chi connectivity index (χ0n) is 7.00. The maximum Gasteiger partial charge on any atom is 0.328 e. The number of carboxylic acid groups (broad SMARTS) is 1. The van der Waals surface area contributed by atoms with Crippen LogP contribution in [-0.2, 0) is 4.79 Å². The quantitative estimate of drug-likeness (QED) is 0.608. The van der Waals surface area contributed by atoms with Gasteiger partial charge in [-0.2, -0.15) is 0 Å². The maximum absolute atomic E-state index is 10.2. The molecule has 0 unspecified atom stereocenters. The Hall–Kier alpha value is -1.19. The van der Waals surface area contributed by atoms with Crippen LogP contribution in [0.4, 0.5) is 5.69 Å². The molecule has 0 aliphatic carbocycles. The Bertz CT molecular complexity index is 402. The number of nitrogen functional groups attached to an aromatic ring is 1. The van der Waals surface area contributed by atoms with Crippen LogP contribution in [0.15, 0.2) is 18.2 Å². The average Bonchev–Trinajstić information content (AvgIpc) is 2.09. The molecular weight excluding hydrogens is 225 g/mol. The van der Waals surface area contributed by atoms with Crippen molar-refractivity contribution in [2.24, 2.45) is 0 Å². The van der Waals surface area contributed by atoms with Crippen molar-refractivity contribution in [1.82, 2.24) is 0 Å². The van der Waals surface area contributed by atoms with Gasteiger partial charge in [-0.25, -0.2) is 4.79 Å². The fourth-order valence-electron chi connectivity index (χ4n) is 0.866. The molecule has 74 valence electrons. The summed E-state index contributed by atoms with van der Waals surface area (Å²) in [4.78, 5) is 10.2. The number of benzene rings is 1.